The van der Waals surface area contributed by atoms with Gasteiger partial charge in [-0.1, -0.05) is 30.3 Å². The Hall–Kier alpha value is -4.28. The number of para-hydroxylation sites is 1. The van der Waals surface area contributed by atoms with E-state index in [0.29, 0.717) is 46.3 Å². The van der Waals surface area contributed by atoms with E-state index in [1.165, 1.54) is 18.7 Å². The zero-order chi connectivity index (χ0) is 29.9. The second kappa shape index (κ2) is 9.97. The van der Waals surface area contributed by atoms with Gasteiger partial charge in [0.2, 0.25) is 0 Å². The molecule has 4 aromatic rings. The van der Waals surface area contributed by atoms with Crippen LogP contribution in [0.1, 0.15) is 45.6 Å². The van der Waals surface area contributed by atoms with E-state index in [9.17, 15) is 35.9 Å². The molecule has 0 N–H and O–H groups in total. The maximum Gasteiger partial charge on any atom is 0.416 e. The number of alkyl halides is 6. The van der Waals surface area contributed by atoms with Crippen LogP contribution in [0.25, 0.3) is 22.0 Å². The van der Waals surface area contributed by atoms with Gasteiger partial charge in [0.25, 0.3) is 11.5 Å². The van der Waals surface area contributed by atoms with Gasteiger partial charge in [-0.25, -0.2) is 0 Å². The predicted molar refractivity (Wildman–Crippen MR) is 141 cm³/mol. The van der Waals surface area contributed by atoms with Gasteiger partial charge >= 0.3 is 12.4 Å². The second-order valence-electron chi connectivity index (χ2n) is 10.1. The lowest BCUT2D eigenvalue weighted by atomic mass is 9.94. The van der Waals surface area contributed by atoms with Gasteiger partial charge in [0.05, 0.1) is 23.8 Å². The average molecular weight is 575 g/mol. The molecule has 0 radical (unpaired) electrons. The SMILES string of the molecule is COc1cccc(-c2c(C(=O)N(C)Cc3cc(C(F)(F)F)cc(C(F)(F)F)c3)c(=O)n3c4c(cccc24)CC3C)c1. The van der Waals surface area contributed by atoms with E-state index in [2.05, 4.69) is 0 Å². The smallest absolute Gasteiger partial charge is 0.416 e. The van der Waals surface area contributed by atoms with E-state index >= 15 is 0 Å². The molecule has 5 nitrogen and oxygen atoms in total. The summed E-state index contributed by atoms with van der Waals surface area (Å²) in [5.74, 6) is -0.372. The molecule has 0 spiro atoms. The number of pyridine rings is 1. The molecule has 0 saturated heterocycles. The summed E-state index contributed by atoms with van der Waals surface area (Å²) in [5, 5.41) is 0.620. The second-order valence-corrected chi connectivity index (χ2v) is 10.1. The summed E-state index contributed by atoms with van der Waals surface area (Å²) >= 11 is 0. The topological polar surface area (TPSA) is 51.5 Å². The normalized spacial score (nSPS) is 14.9. The van der Waals surface area contributed by atoms with E-state index < -0.39 is 41.5 Å². The maximum absolute atomic E-state index is 14.0. The van der Waals surface area contributed by atoms with E-state index in [0.717, 1.165) is 10.5 Å². The highest BCUT2D eigenvalue weighted by Gasteiger charge is 2.37. The van der Waals surface area contributed by atoms with Crippen molar-refractivity contribution in [3.63, 3.8) is 0 Å². The zero-order valence-electron chi connectivity index (χ0n) is 22.2. The van der Waals surface area contributed by atoms with Crippen LogP contribution in [0.15, 0.2) is 65.5 Å². The van der Waals surface area contributed by atoms with Crippen LogP contribution in [0.5, 0.6) is 5.75 Å². The van der Waals surface area contributed by atoms with Gasteiger partial charge in [-0.05, 0) is 60.4 Å². The van der Waals surface area contributed by atoms with Gasteiger partial charge in [0.1, 0.15) is 11.3 Å². The molecule has 2 heterocycles. The van der Waals surface area contributed by atoms with Gasteiger partial charge < -0.3 is 14.2 Å². The highest BCUT2D eigenvalue weighted by molar-refractivity contribution is 6.09. The van der Waals surface area contributed by atoms with Crippen LogP contribution in [0.2, 0.25) is 0 Å². The zero-order valence-corrected chi connectivity index (χ0v) is 22.2. The highest BCUT2D eigenvalue weighted by Crippen LogP contribution is 2.40. The fourth-order valence-corrected chi connectivity index (χ4v) is 5.46. The number of nitrogens with zero attached hydrogens (tertiary/aromatic N) is 2. The Morgan fingerprint density at radius 3 is 2.22 bits per heavy atom. The summed E-state index contributed by atoms with van der Waals surface area (Å²) in [6.07, 6.45) is -9.51. The summed E-state index contributed by atoms with van der Waals surface area (Å²) in [4.78, 5) is 28.9. The number of carbonyl (C=O) groups is 1. The summed E-state index contributed by atoms with van der Waals surface area (Å²) in [7, 11) is 2.70. The molecular formula is C30H24F6N2O3. The van der Waals surface area contributed by atoms with Crippen molar-refractivity contribution in [1.82, 2.24) is 9.47 Å². The third-order valence-electron chi connectivity index (χ3n) is 7.25. The minimum absolute atomic E-state index is 0.0304. The van der Waals surface area contributed by atoms with Crippen molar-refractivity contribution in [2.45, 2.75) is 38.3 Å². The van der Waals surface area contributed by atoms with E-state index in [-0.39, 0.29) is 23.2 Å². The Morgan fingerprint density at radius 2 is 1.61 bits per heavy atom. The first-order valence-corrected chi connectivity index (χ1v) is 12.6. The first-order chi connectivity index (χ1) is 19.2. The lowest BCUT2D eigenvalue weighted by Crippen LogP contribution is -2.35. The van der Waals surface area contributed by atoms with Crippen LogP contribution in [-0.2, 0) is 25.3 Å². The fraction of sp³-hybridized carbons (Fsp3) is 0.267. The molecule has 1 aliphatic heterocycles. The molecule has 1 atom stereocenters. The molecular weight excluding hydrogens is 550 g/mol. The van der Waals surface area contributed by atoms with Crippen LogP contribution < -0.4 is 10.3 Å². The van der Waals surface area contributed by atoms with Crippen molar-refractivity contribution in [1.29, 1.82) is 0 Å². The van der Waals surface area contributed by atoms with E-state index in [1.54, 1.807) is 30.3 Å². The maximum atomic E-state index is 14.0. The van der Waals surface area contributed by atoms with Crippen molar-refractivity contribution in [2.75, 3.05) is 14.2 Å². The Bertz CT molecular complexity index is 1710. The summed E-state index contributed by atoms with van der Waals surface area (Å²) in [5.41, 5.74) is -1.77. The Kier molecular flexibility index (Phi) is 6.87. The van der Waals surface area contributed by atoms with Crippen LogP contribution in [0.4, 0.5) is 26.3 Å². The molecule has 1 aromatic heterocycles. The van der Waals surface area contributed by atoms with Crippen LogP contribution >= 0.6 is 0 Å². The molecule has 0 aliphatic carbocycles. The Morgan fingerprint density at radius 1 is 0.976 bits per heavy atom. The molecule has 0 fully saturated rings. The van der Waals surface area contributed by atoms with E-state index in [4.69, 9.17) is 4.74 Å². The molecule has 41 heavy (non-hydrogen) atoms. The van der Waals surface area contributed by atoms with Gasteiger partial charge in [0.15, 0.2) is 0 Å². The minimum Gasteiger partial charge on any atom is -0.497 e. The van der Waals surface area contributed by atoms with E-state index in [1.807, 2.05) is 19.1 Å². The van der Waals surface area contributed by atoms with Crippen molar-refractivity contribution < 1.29 is 35.9 Å². The molecule has 1 aliphatic rings. The number of carbonyl (C=O) groups excluding carboxylic acids is 1. The van der Waals surface area contributed by atoms with Crippen molar-refractivity contribution in [3.05, 3.63) is 98.8 Å². The summed E-state index contributed by atoms with van der Waals surface area (Å²) < 4.78 is 87.4. The average Bonchev–Trinajstić information content (AvgIpc) is 3.25. The summed E-state index contributed by atoms with van der Waals surface area (Å²) in [6, 6.07) is 13.1. The van der Waals surface area contributed by atoms with Crippen molar-refractivity contribution >= 4 is 16.8 Å². The largest absolute Gasteiger partial charge is 0.497 e. The first-order valence-electron chi connectivity index (χ1n) is 12.6. The van der Waals surface area contributed by atoms with Crippen LogP contribution in [-0.4, -0.2) is 29.5 Å². The first kappa shape index (κ1) is 28.3. The summed E-state index contributed by atoms with van der Waals surface area (Å²) in [6.45, 7) is 1.24. The molecule has 3 aromatic carbocycles. The third-order valence-corrected chi connectivity index (χ3v) is 7.25. The van der Waals surface area contributed by atoms with Crippen molar-refractivity contribution in [2.24, 2.45) is 0 Å². The Labute approximate surface area is 230 Å². The monoisotopic (exact) mass is 574 g/mol. The number of methoxy groups -OCH3 is 1. The number of amides is 1. The third kappa shape index (κ3) is 5.05. The highest BCUT2D eigenvalue weighted by atomic mass is 19.4. The van der Waals surface area contributed by atoms with Crippen molar-refractivity contribution in [3.8, 4) is 16.9 Å². The lowest BCUT2D eigenvalue weighted by molar-refractivity contribution is -0.143. The Balaban J connectivity index is 1.68. The molecule has 1 unspecified atom stereocenters. The lowest BCUT2D eigenvalue weighted by Gasteiger charge is -2.23. The van der Waals surface area contributed by atoms with Gasteiger partial charge in [-0.2, -0.15) is 26.3 Å². The number of hydrogen-bond donors (Lipinski definition) is 0. The minimum atomic E-state index is -5.03. The number of hydrogen-bond acceptors (Lipinski definition) is 3. The fourth-order valence-electron chi connectivity index (χ4n) is 5.46. The van der Waals surface area contributed by atoms with Gasteiger partial charge in [-0.3, -0.25) is 9.59 Å². The quantitative estimate of drug-likeness (QED) is 0.239. The molecule has 11 heteroatoms. The standard InChI is InChI=1S/C30H24F6N2O3/c1-16-10-19-7-5-9-23-24(18-6-4-8-22(13-18)41-3)25(28(40)38(16)26(19)23)27(39)37(2)15-17-11-20(29(31,32)33)14-21(12-17)30(34,35)36/h4-9,11-14,16H,10,15H2,1-3H3. The predicted octanol–water partition coefficient (Wildman–Crippen LogP) is 7.10. The molecule has 5 rings (SSSR count). The molecule has 0 bridgehead atoms. The number of halogens is 6. The number of benzene rings is 3. The molecule has 1 amide bonds. The number of aromatic nitrogens is 1. The van der Waals surface area contributed by atoms with Crippen LogP contribution in [0, 0.1) is 0 Å². The van der Waals surface area contributed by atoms with Crippen LogP contribution in [0.3, 0.4) is 0 Å². The molecule has 214 valence electrons. The molecule has 0 saturated carbocycles. The van der Waals surface area contributed by atoms with Gasteiger partial charge in [-0.15, -0.1) is 0 Å². The van der Waals surface area contributed by atoms with Gasteiger partial charge in [0, 0.05) is 30.6 Å². The number of rotatable bonds is 5. The number of ether oxygens (including phenoxy) is 1.